The van der Waals surface area contributed by atoms with Gasteiger partial charge in [0, 0.05) is 15.3 Å². The quantitative estimate of drug-likeness (QED) is 0.764. The lowest BCUT2D eigenvalue weighted by atomic mass is 10.2. The van der Waals surface area contributed by atoms with Crippen molar-refractivity contribution in [2.75, 3.05) is 0 Å². The third-order valence-corrected chi connectivity index (χ3v) is 3.56. The first kappa shape index (κ1) is 10.1. The Morgan fingerprint density at radius 2 is 1.93 bits per heavy atom. The van der Waals surface area contributed by atoms with Crippen LogP contribution in [0, 0.1) is 0 Å². The summed E-state index contributed by atoms with van der Waals surface area (Å²) in [6.45, 7) is 0. The molecule has 4 heteroatoms. The number of hydrogen-bond donors (Lipinski definition) is 0. The molecule has 15 heavy (non-hydrogen) atoms. The Morgan fingerprint density at radius 3 is 2.47 bits per heavy atom. The van der Waals surface area contributed by atoms with E-state index in [4.69, 9.17) is 0 Å². The molecule has 2 heterocycles. The van der Waals surface area contributed by atoms with Crippen molar-refractivity contribution in [3.63, 3.8) is 0 Å². The lowest BCUT2D eigenvalue weighted by molar-refractivity contribution is -0.295. The van der Waals surface area contributed by atoms with Crippen LogP contribution in [0.3, 0.4) is 0 Å². The number of carbonyl (C=O) groups is 1. The third kappa shape index (κ3) is 2.34. The molecule has 0 aliphatic carbocycles. The topological polar surface area (TPSA) is 40.1 Å². The van der Waals surface area contributed by atoms with Gasteiger partial charge in [-0.3, -0.25) is 0 Å². The van der Waals surface area contributed by atoms with Crippen molar-refractivity contribution < 1.29 is 9.90 Å². The normalized spacial score (nSPS) is 11.6. The zero-order valence-corrected chi connectivity index (χ0v) is 9.31. The average Bonchev–Trinajstić information content (AvgIpc) is 2.87. The lowest BCUT2D eigenvalue weighted by Gasteiger charge is -2.04. The van der Waals surface area contributed by atoms with Crippen LogP contribution in [0.25, 0.3) is 11.6 Å². The van der Waals surface area contributed by atoms with Gasteiger partial charge in [-0.05, 0) is 29.0 Å². The summed E-state index contributed by atoms with van der Waals surface area (Å²) in [5.41, 5.74) is 0.243. The largest absolute Gasteiger partial charge is 0.545 e. The van der Waals surface area contributed by atoms with E-state index >= 15 is 0 Å². The fraction of sp³-hybridized carbons (Fsp3) is 0. The summed E-state index contributed by atoms with van der Waals surface area (Å²) in [6, 6.07) is 7.37. The van der Waals surface area contributed by atoms with Crippen molar-refractivity contribution in [2.24, 2.45) is 0 Å². The van der Waals surface area contributed by atoms with Crippen molar-refractivity contribution in [1.29, 1.82) is 0 Å². The molecule has 0 bridgehead atoms. The van der Waals surface area contributed by atoms with Gasteiger partial charge in [-0.1, -0.05) is 12.1 Å². The van der Waals surface area contributed by atoms with Crippen molar-refractivity contribution >= 4 is 40.3 Å². The molecule has 0 N–H and O–H groups in total. The first-order valence-electron chi connectivity index (χ1n) is 4.28. The fourth-order valence-corrected chi connectivity index (χ4v) is 2.57. The van der Waals surface area contributed by atoms with Crippen LogP contribution in [0.2, 0.25) is 0 Å². The maximum absolute atomic E-state index is 11.0. The fourth-order valence-electron chi connectivity index (χ4n) is 1.18. The number of hydrogen-bond acceptors (Lipinski definition) is 4. The van der Waals surface area contributed by atoms with E-state index in [1.54, 1.807) is 12.1 Å². The third-order valence-electron chi connectivity index (χ3n) is 1.84. The molecule has 0 aliphatic heterocycles. The Hall–Kier alpha value is -1.39. The molecule has 2 aromatic rings. The summed E-state index contributed by atoms with van der Waals surface area (Å²) < 4.78 is 0. The van der Waals surface area contributed by atoms with Crippen molar-refractivity contribution in [1.82, 2.24) is 0 Å². The Balaban J connectivity index is 2.41. The maximum Gasteiger partial charge on any atom is 0.0730 e. The highest BCUT2D eigenvalue weighted by molar-refractivity contribution is 7.12. The van der Waals surface area contributed by atoms with Gasteiger partial charge < -0.3 is 9.90 Å². The molecule has 2 rings (SSSR count). The van der Waals surface area contributed by atoms with Gasteiger partial charge in [-0.25, -0.2) is 0 Å². The van der Waals surface area contributed by atoms with Crippen LogP contribution in [-0.4, -0.2) is 5.97 Å². The molecular formula is C11H7O2S2-. The zero-order valence-electron chi connectivity index (χ0n) is 7.67. The molecule has 2 nitrogen and oxygen atoms in total. The second-order valence-corrected chi connectivity index (χ2v) is 4.77. The Morgan fingerprint density at radius 1 is 1.20 bits per heavy atom. The molecule has 0 aliphatic rings. The SMILES string of the molecule is O=C([O-])/C(=C/c1cccs1)c1cccs1. The first-order chi connectivity index (χ1) is 7.27. The summed E-state index contributed by atoms with van der Waals surface area (Å²) in [5.74, 6) is -1.13. The van der Waals surface area contributed by atoms with Crippen molar-refractivity contribution in [3.8, 4) is 0 Å². The molecule has 0 aromatic carbocycles. The maximum atomic E-state index is 11.0. The van der Waals surface area contributed by atoms with Crippen LogP contribution in [0.15, 0.2) is 35.0 Å². The lowest BCUT2D eigenvalue weighted by Crippen LogP contribution is -2.23. The summed E-state index contributed by atoms with van der Waals surface area (Å²) in [7, 11) is 0. The van der Waals surface area contributed by atoms with E-state index in [-0.39, 0.29) is 5.57 Å². The van der Waals surface area contributed by atoms with E-state index in [1.165, 1.54) is 22.7 Å². The van der Waals surface area contributed by atoms with E-state index < -0.39 is 5.97 Å². The minimum absolute atomic E-state index is 0.243. The van der Waals surface area contributed by atoms with Crippen molar-refractivity contribution in [3.05, 3.63) is 44.8 Å². The standard InChI is InChI=1S/C11H8O2S2/c12-11(13)9(10-4-2-6-15-10)7-8-3-1-5-14-8/h1-7H,(H,12,13)/p-1/b9-7+. The monoisotopic (exact) mass is 235 g/mol. The Labute approximate surface area is 95.1 Å². The van der Waals surface area contributed by atoms with Crippen molar-refractivity contribution in [2.45, 2.75) is 0 Å². The molecule has 0 spiro atoms. The van der Waals surface area contributed by atoms with Crippen LogP contribution in [0.1, 0.15) is 9.75 Å². The van der Waals surface area contributed by atoms with Gasteiger partial charge in [0.1, 0.15) is 0 Å². The van der Waals surface area contributed by atoms with Gasteiger partial charge in [0.15, 0.2) is 0 Å². The van der Waals surface area contributed by atoms with E-state index in [0.29, 0.717) is 0 Å². The number of aliphatic carboxylic acids is 1. The molecule has 0 radical (unpaired) electrons. The summed E-state index contributed by atoms with van der Waals surface area (Å²) in [5, 5.41) is 14.7. The minimum atomic E-state index is -1.13. The van der Waals surface area contributed by atoms with Crippen LogP contribution < -0.4 is 5.11 Å². The summed E-state index contributed by atoms with van der Waals surface area (Å²) in [6.07, 6.45) is 1.64. The Bertz CT molecular complexity index is 467. The second-order valence-electron chi connectivity index (χ2n) is 2.84. The molecule has 0 unspecified atom stereocenters. The zero-order chi connectivity index (χ0) is 10.7. The predicted molar refractivity (Wildman–Crippen MR) is 61.5 cm³/mol. The van der Waals surface area contributed by atoms with Crippen LogP contribution in [0.5, 0.6) is 0 Å². The predicted octanol–water partition coefficient (Wildman–Crippen LogP) is 2.10. The number of carboxylic acid groups (broad SMARTS) is 1. The minimum Gasteiger partial charge on any atom is -0.545 e. The van der Waals surface area contributed by atoms with E-state index in [1.807, 2.05) is 29.0 Å². The van der Waals surface area contributed by atoms with Gasteiger partial charge in [-0.2, -0.15) is 0 Å². The molecule has 0 fully saturated rings. The highest BCUT2D eigenvalue weighted by atomic mass is 32.1. The molecule has 0 saturated carbocycles. The van der Waals surface area contributed by atoms with Gasteiger partial charge in [0.05, 0.1) is 5.97 Å². The highest BCUT2D eigenvalue weighted by Gasteiger charge is 2.04. The molecular weight excluding hydrogens is 228 g/mol. The summed E-state index contributed by atoms with van der Waals surface area (Å²) >= 11 is 2.90. The molecule has 2 aromatic heterocycles. The number of carbonyl (C=O) groups excluding carboxylic acids is 1. The number of thiophene rings is 2. The molecule has 76 valence electrons. The molecule has 0 saturated heterocycles. The van der Waals surface area contributed by atoms with Gasteiger partial charge >= 0.3 is 0 Å². The van der Waals surface area contributed by atoms with Gasteiger partial charge in [0.2, 0.25) is 0 Å². The van der Waals surface area contributed by atoms with Gasteiger partial charge in [-0.15, -0.1) is 22.7 Å². The van der Waals surface area contributed by atoms with Crippen LogP contribution in [0.4, 0.5) is 0 Å². The smallest absolute Gasteiger partial charge is 0.0730 e. The number of carboxylic acids is 1. The summed E-state index contributed by atoms with van der Waals surface area (Å²) in [4.78, 5) is 12.6. The Kier molecular flexibility index (Phi) is 2.99. The number of rotatable bonds is 3. The average molecular weight is 235 g/mol. The van der Waals surface area contributed by atoms with Crippen LogP contribution >= 0.6 is 22.7 Å². The first-order valence-corrected chi connectivity index (χ1v) is 6.04. The van der Waals surface area contributed by atoms with E-state index in [2.05, 4.69) is 0 Å². The van der Waals surface area contributed by atoms with E-state index in [9.17, 15) is 9.90 Å². The second kappa shape index (κ2) is 4.42. The highest BCUT2D eigenvalue weighted by Crippen LogP contribution is 2.23. The van der Waals surface area contributed by atoms with Gasteiger partial charge in [0.25, 0.3) is 0 Å². The molecule has 0 amide bonds. The van der Waals surface area contributed by atoms with Crippen LogP contribution in [-0.2, 0) is 4.79 Å². The van der Waals surface area contributed by atoms with E-state index in [0.717, 1.165) is 9.75 Å². The molecule has 0 atom stereocenters.